The lowest BCUT2D eigenvalue weighted by Crippen LogP contribution is -2.29. The summed E-state index contributed by atoms with van der Waals surface area (Å²) in [5, 5.41) is 26.1. The smallest absolute Gasteiger partial charge is 0.339 e. The van der Waals surface area contributed by atoms with Gasteiger partial charge < -0.3 is 15.3 Å². The fourth-order valence-electron chi connectivity index (χ4n) is 1.29. The summed E-state index contributed by atoms with van der Waals surface area (Å²) in [6.07, 6.45) is 3.06. The van der Waals surface area contributed by atoms with Crippen molar-refractivity contribution in [3.8, 4) is 11.5 Å². The molecule has 1 aromatic heterocycles. The molecule has 2 rings (SSSR count). The van der Waals surface area contributed by atoms with Gasteiger partial charge in [-0.25, -0.2) is 10.6 Å². The number of pyridine rings is 1. The molecule has 0 radical (unpaired) electrons. The summed E-state index contributed by atoms with van der Waals surface area (Å²) in [4.78, 5) is 24.8. The highest BCUT2D eigenvalue weighted by Crippen LogP contribution is 2.21. The van der Waals surface area contributed by atoms with Crippen molar-refractivity contribution in [1.29, 1.82) is 0 Å². The summed E-state index contributed by atoms with van der Waals surface area (Å²) in [7, 11) is 0. The van der Waals surface area contributed by atoms with E-state index in [0.29, 0.717) is 5.56 Å². The molecule has 1 aromatic carbocycles. The lowest BCUT2D eigenvalue weighted by atomic mass is 10.2. The Morgan fingerprint density at radius 1 is 1.10 bits per heavy atom. The van der Waals surface area contributed by atoms with Crippen LogP contribution >= 0.6 is 0 Å². The van der Waals surface area contributed by atoms with Crippen LogP contribution in [0.2, 0.25) is 0 Å². The van der Waals surface area contributed by atoms with Gasteiger partial charge in [0.05, 0.1) is 0 Å². The molecule has 8 heteroatoms. The molecule has 0 bridgehead atoms. The number of hydrogen-bond donors (Lipinski definition) is 5. The number of amides is 1. The Morgan fingerprint density at radius 2 is 1.71 bits per heavy atom. The number of aromatic hydroxyl groups is 2. The highest BCUT2D eigenvalue weighted by Gasteiger charge is 2.08. The van der Waals surface area contributed by atoms with Crippen LogP contribution in [0.4, 0.5) is 0 Å². The van der Waals surface area contributed by atoms with Gasteiger partial charge in [0.15, 0.2) is 0 Å². The summed E-state index contributed by atoms with van der Waals surface area (Å²) < 4.78 is 0. The first-order valence-corrected chi connectivity index (χ1v) is 5.62. The minimum atomic E-state index is -1.22. The van der Waals surface area contributed by atoms with Crippen molar-refractivity contribution in [3.05, 3.63) is 53.9 Å². The van der Waals surface area contributed by atoms with E-state index in [9.17, 15) is 9.59 Å². The first kappa shape index (κ1) is 15.9. The summed E-state index contributed by atoms with van der Waals surface area (Å²) in [6, 6.07) is 6.48. The number of phenolic OH excluding ortho intramolecular Hbond substituents is 1. The van der Waals surface area contributed by atoms with Gasteiger partial charge >= 0.3 is 5.97 Å². The van der Waals surface area contributed by atoms with Crippen LogP contribution in [0, 0.1) is 0 Å². The van der Waals surface area contributed by atoms with E-state index in [-0.39, 0.29) is 17.2 Å². The molecule has 0 saturated carbocycles. The van der Waals surface area contributed by atoms with E-state index in [1.165, 1.54) is 18.5 Å². The molecule has 110 valence electrons. The van der Waals surface area contributed by atoms with Crippen LogP contribution in [-0.2, 0) is 0 Å². The highest BCUT2D eigenvalue weighted by atomic mass is 16.4. The average molecular weight is 291 g/mol. The molecule has 0 unspecified atom stereocenters. The maximum Gasteiger partial charge on any atom is 0.339 e. The van der Waals surface area contributed by atoms with Gasteiger partial charge in [0, 0.05) is 24.0 Å². The number of hydrazine groups is 1. The van der Waals surface area contributed by atoms with Crippen molar-refractivity contribution in [2.75, 3.05) is 0 Å². The zero-order valence-corrected chi connectivity index (χ0v) is 10.7. The lowest BCUT2D eigenvalue weighted by molar-refractivity contribution is 0.0693. The largest absolute Gasteiger partial charge is 0.508 e. The molecule has 6 N–H and O–H groups in total. The molecule has 0 spiro atoms. The van der Waals surface area contributed by atoms with Crippen LogP contribution < -0.4 is 11.3 Å². The van der Waals surface area contributed by atoms with Gasteiger partial charge in [-0.3, -0.25) is 15.2 Å². The molecule has 0 aliphatic heterocycles. The topological polar surface area (TPSA) is 146 Å². The highest BCUT2D eigenvalue weighted by molar-refractivity contribution is 5.93. The molecule has 1 amide bonds. The van der Waals surface area contributed by atoms with Crippen LogP contribution in [0.15, 0.2) is 42.7 Å². The second-order valence-corrected chi connectivity index (χ2v) is 3.72. The first-order valence-electron chi connectivity index (χ1n) is 5.62. The monoisotopic (exact) mass is 291 g/mol. The second kappa shape index (κ2) is 7.46. The van der Waals surface area contributed by atoms with Gasteiger partial charge in [0.2, 0.25) is 0 Å². The van der Waals surface area contributed by atoms with Crippen molar-refractivity contribution in [2.45, 2.75) is 0 Å². The number of rotatable bonds is 2. The quantitative estimate of drug-likeness (QED) is 0.307. The SMILES string of the molecule is NNC(=O)c1ccncc1.O=C(O)c1ccc(O)cc1O. The van der Waals surface area contributed by atoms with Crippen molar-refractivity contribution < 1.29 is 24.9 Å². The van der Waals surface area contributed by atoms with Gasteiger partial charge in [-0.1, -0.05) is 0 Å². The predicted octanol–water partition coefficient (Wildman–Crippen LogP) is 0.481. The van der Waals surface area contributed by atoms with Gasteiger partial charge in [0.25, 0.3) is 5.91 Å². The van der Waals surface area contributed by atoms with E-state index in [1.807, 2.05) is 5.43 Å². The molecule has 2 aromatic rings. The summed E-state index contributed by atoms with van der Waals surface area (Å²) in [5.74, 6) is 2.77. The summed E-state index contributed by atoms with van der Waals surface area (Å²) in [6.45, 7) is 0. The summed E-state index contributed by atoms with van der Waals surface area (Å²) in [5.41, 5.74) is 2.31. The van der Waals surface area contributed by atoms with Gasteiger partial charge in [-0.05, 0) is 24.3 Å². The predicted molar refractivity (Wildman–Crippen MR) is 72.6 cm³/mol. The van der Waals surface area contributed by atoms with Crippen molar-refractivity contribution in [3.63, 3.8) is 0 Å². The van der Waals surface area contributed by atoms with Gasteiger partial charge in [0.1, 0.15) is 17.1 Å². The molecule has 1 heterocycles. The number of carbonyl (C=O) groups is 2. The normalized spacial score (nSPS) is 9.19. The molecule has 8 nitrogen and oxygen atoms in total. The van der Waals surface area contributed by atoms with E-state index in [4.69, 9.17) is 21.2 Å². The number of aromatic carboxylic acids is 1. The Bertz CT molecular complexity index is 631. The number of nitrogens with zero attached hydrogens (tertiary/aromatic N) is 1. The Morgan fingerprint density at radius 3 is 2.19 bits per heavy atom. The third-order valence-corrected chi connectivity index (χ3v) is 2.29. The van der Waals surface area contributed by atoms with E-state index < -0.39 is 11.7 Å². The molecule has 21 heavy (non-hydrogen) atoms. The summed E-state index contributed by atoms with van der Waals surface area (Å²) >= 11 is 0. The molecule has 0 aliphatic carbocycles. The molecule has 0 atom stereocenters. The fourth-order valence-corrected chi connectivity index (χ4v) is 1.29. The van der Waals surface area contributed by atoms with E-state index >= 15 is 0 Å². The van der Waals surface area contributed by atoms with Gasteiger partial charge in [-0.15, -0.1) is 0 Å². The number of nitrogens with one attached hydrogen (secondary N) is 1. The number of carbonyl (C=O) groups excluding carboxylic acids is 1. The van der Waals surface area contributed by atoms with Crippen molar-refractivity contribution in [2.24, 2.45) is 5.84 Å². The van der Waals surface area contributed by atoms with Crippen molar-refractivity contribution >= 4 is 11.9 Å². The number of phenols is 2. The molecular formula is C13H13N3O5. The third kappa shape index (κ3) is 4.80. The third-order valence-electron chi connectivity index (χ3n) is 2.29. The minimum absolute atomic E-state index is 0.160. The Balaban J connectivity index is 0.000000211. The van der Waals surface area contributed by atoms with Crippen LogP contribution in [0.3, 0.4) is 0 Å². The zero-order chi connectivity index (χ0) is 15.8. The Labute approximate surface area is 119 Å². The maximum absolute atomic E-state index is 10.7. The Kier molecular flexibility index (Phi) is 5.66. The van der Waals surface area contributed by atoms with Crippen molar-refractivity contribution in [1.82, 2.24) is 10.4 Å². The second-order valence-electron chi connectivity index (χ2n) is 3.72. The van der Waals surface area contributed by atoms with Gasteiger partial charge in [-0.2, -0.15) is 0 Å². The van der Waals surface area contributed by atoms with E-state index in [0.717, 1.165) is 12.1 Å². The van der Waals surface area contributed by atoms with E-state index in [1.54, 1.807) is 12.1 Å². The fraction of sp³-hybridized carbons (Fsp3) is 0. The number of aromatic nitrogens is 1. The number of nitrogen functional groups attached to an aromatic ring is 1. The standard InChI is InChI=1S/C7H6O4.C6H7N3O/c8-4-1-2-5(7(10)11)6(9)3-4;7-9-6(10)5-1-3-8-4-2-5/h1-3,8-9H,(H,10,11);1-4H,7H2,(H,9,10). The number of carboxylic acids is 1. The lowest BCUT2D eigenvalue weighted by Gasteiger charge is -1.97. The van der Waals surface area contributed by atoms with Crippen LogP contribution in [0.5, 0.6) is 11.5 Å². The number of carboxylic acid groups (broad SMARTS) is 1. The molecule has 0 saturated heterocycles. The number of hydrogen-bond acceptors (Lipinski definition) is 6. The molecular weight excluding hydrogens is 278 g/mol. The van der Waals surface area contributed by atoms with Crippen LogP contribution in [0.25, 0.3) is 0 Å². The van der Waals surface area contributed by atoms with E-state index in [2.05, 4.69) is 4.98 Å². The molecule has 0 fully saturated rings. The van der Waals surface area contributed by atoms with Crippen LogP contribution in [-0.4, -0.2) is 32.2 Å². The van der Waals surface area contributed by atoms with Crippen LogP contribution in [0.1, 0.15) is 20.7 Å². The average Bonchev–Trinajstić information content (AvgIpc) is 2.47. The first-order chi connectivity index (χ1) is 9.95. The molecule has 0 aliphatic rings. The Hall–Kier alpha value is -3.13. The number of nitrogens with two attached hydrogens (primary N) is 1. The maximum atomic E-state index is 10.7. The zero-order valence-electron chi connectivity index (χ0n) is 10.7. The minimum Gasteiger partial charge on any atom is -0.508 e. The number of benzene rings is 1.